The monoisotopic (exact) mass is 234 g/mol. The molecule has 0 saturated carbocycles. The maximum absolute atomic E-state index is 11.6. The highest BCUT2D eigenvalue weighted by Gasteiger charge is 2.30. The summed E-state index contributed by atoms with van der Waals surface area (Å²) in [5.74, 6) is 0.308. The summed E-state index contributed by atoms with van der Waals surface area (Å²) < 4.78 is 4.96. The number of hydrogen-bond donors (Lipinski definition) is 1. The van der Waals surface area contributed by atoms with Gasteiger partial charge in [0.15, 0.2) is 0 Å². The number of aliphatic hydroxyl groups excluding tert-OH is 1. The van der Waals surface area contributed by atoms with E-state index < -0.39 is 12.0 Å². The molecule has 0 spiro atoms. The molecular weight excluding hydrogens is 212 g/mol. The second kappa shape index (κ2) is 7.99. The Bertz CT molecular complexity index is 183. The number of esters is 1. The molecule has 90 valence electrons. The van der Waals surface area contributed by atoms with E-state index in [0.29, 0.717) is 13.0 Å². The molecule has 0 fully saturated rings. The van der Waals surface area contributed by atoms with Crippen LogP contribution >= 0.6 is 11.8 Å². The van der Waals surface area contributed by atoms with Crippen molar-refractivity contribution in [2.75, 3.05) is 18.6 Å². The Hall–Kier alpha value is -0.220. The fourth-order valence-corrected chi connectivity index (χ4v) is 2.01. The first kappa shape index (κ1) is 14.8. The molecule has 0 bridgehead atoms. The molecule has 0 aromatic rings. The molecular formula is C11H22O3S. The van der Waals surface area contributed by atoms with Crippen LogP contribution in [0.3, 0.4) is 0 Å². The predicted octanol–water partition coefficient (Wildman–Crippen LogP) is 1.94. The Morgan fingerprint density at radius 1 is 1.47 bits per heavy atom. The molecule has 15 heavy (non-hydrogen) atoms. The van der Waals surface area contributed by atoms with Gasteiger partial charge in [-0.05, 0) is 31.3 Å². The van der Waals surface area contributed by atoms with E-state index in [1.165, 1.54) is 0 Å². The smallest absolute Gasteiger partial charge is 0.311 e. The van der Waals surface area contributed by atoms with Crippen LogP contribution in [0.25, 0.3) is 0 Å². The van der Waals surface area contributed by atoms with E-state index in [1.54, 1.807) is 18.7 Å². The fraction of sp³-hybridized carbons (Fsp3) is 0.909. The minimum Gasteiger partial charge on any atom is -0.466 e. The van der Waals surface area contributed by atoms with Gasteiger partial charge in [-0.2, -0.15) is 11.8 Å². The third-order valence-corrected chi connectivity index (χ3v) is 2.95. The van der Waals surface area contributed by atoms with Gasteiger partial charge in [-0.1, -0.05) is 13.8 Å². The molecule has 2 atom stereocenters. The number of carbonyl (C=O) groups is 1. The molecule has 0 radical (unpaired) electrons. The van der Waals surface area contributed by atoms with Crippen molar-refractivity contribution in [1.29, 1.82) is 0 Å². The van der Waals surface area contributed by atoms with Gasteiger partial charge < -0.3 is 9.84 Å². The first-order chi connectivity index (χ1) is 7.04. The van der Waals surface area contributed by atoms with Crippen molar-refractivity contribution in [3.8, 4) is 0 Å². The van der Waals surface area contributed by atoms with Crippen molar-refractivity contribution in [2.24, 2.45) is 11.8 Å². The number of ether oxygens (including phenoxy) is 1. The van der Waals surface area contributed by atoms with Gasteiger partial charge >= 0.3 is 5.97 Å². The van der Waals surface area contributed by atoms with Crippen molar-refractivity contribution in [2.45, 2.75) is 33.3 Å². The third kappa shape index (κ3) is 5.42. The summed E-state index contributed by atoms with van der Waals surface area (Å²) in [4.78, 5) is 11.6. The summed E-state index contributed by atoms with van der Waals surface area (Å²) in [5, 5.41) is 9.89. The van der Waals surface area contributed by atoms with Crippen LogP contribution in [0.1, 0.15) is 27.2 Å². The van der Waals surface area contributed by atoms with Crippen molar-refractivity contribution in [3.63, 3.8) is 0 Å². The summed E-state index contributed by atoms with van der Waals surface area (Å²) in [6.07, 6.45) is 2.04. The third-order valence-electron chi connectivity index (χ3n) is 2.31. The van der Waals surface area contributed by atoms with Crippen LogP contribution in [-0.4, -0.2) is 35.8 Å². The van der Waals surface area contributed by atoms with E-state index in [9.17, 15) is 9.90 Å². The number of thioether (sulfide) groups is 1. The standard InChI is InChI=1S/C11H22O3S/c1-5-14-11(13)10(8(2)3)9(12)6-7-15-4/h8-10,12H,5-7H2,1-4H3. The second-order valence-corrected chi connectivity index (χ2v) is 4.86. The number of aliphatic hydroxyl groups is 1. The highest BCUT2D eigenvalue weighted by molar-refractivity contribution is 7.98. The van der Waals surface area contributed by atoms with Crippen molar-refractivity contribution in [1.82, 2.24) is 0 Å². The second-order valence-electron chi connectivity index (χ2n) is 3.87. The van der Waals surface area contributed by atoms with Crippen molar-refractivity contribution in [3.05, 3.63) is 0 Å². The Morgan fingerprint density at radius 2 is 2.07 bits per heavy atom. The maximum Gasteiger partial charge on any atom is 0.311 e. The van der Waals surface area contributed by atoms with Gasteiger partial charge in [0, 0.05) is 0 Å². The molecule has 0 aliphatic heterocycles. The molecule has 0 aromatic carbocycles. The highest BCUT2D eigenvalue weighted by atomic mass is 32.2. The van der Waals surface area contributed by atoms with E-state index in [4.69, 9.17) is 4.74 Å². The summed E-state index contributed by atoms with van der Waals surface area (Å²) >= 11 is 1.67. The molecule has 0 aliphatic carbocycles. The zero-order valence-electron chi connectivity index (χ0n) is 10.0. The van der Waals surface area contributed by atoms with Crippen LogP contribution < -0.4 is 0 Å². The number of hydrogen-bond acceptors (Lipinski definition) is 4. The van der Waals surface area contributed by atoms with E-state index in [0.717, 1.165) is 5.75 Å². The molecule has 3 nitrogen and oxygen atoms in total. The average Bonchev–Trinajstić information content (AvgIpc) is 2.14. The SMILES string of the molecule is CCOC(=O)C(C(C)C)C(O)CCSC. The van der Waals surface area contributed by atoms with Gasteiger partial charge in [-0.3, -0.25) is 4.79 Å². The summed E-state index contributed by atoms with van der Waals surface area (Å²) in [7, 11) is 0. The number of rotatable bonds is 7. The van der Waals surface area contributed by atoms with Crippen LogP contribution in [0.15, 0.2) is 0 Å². The van der Waals surface area contributed by atoms with Crippen LogP contribution in [0, 0.1) is 11.8 Å². The molecule has 4 heteroatoms. The quantitative estimate of drug-likeness (QED) is 0.684. The van der Waals surface area contributed by atoms with E-state index in [1.807, 2.05) is 20.1 Å². The largest absolute Gasteiger partial charge is 0.466 e. The summed E-state index contributed by atoms with van der Waals surface area (Å²) in [6, 6.07) is 0. The normalized spacial score (nSPS) is 15.1. The molecule has 0 heterocycles. The molecule has 0 amide bonds. The Balaban J connectivity index is 4.30. The molecule has 1 N–H and O–H groups in total. The van der Waals surface area contributed by atoms with Crippen LogP contribution in [0.4, 0.5) is 0 Å². The zero-order chi connectivity index (χ0) is 11.8. The van der Waals surface area contributed by atoms with Gasteiger partial charge in [0.1, 0.15) is 0 Å². The first-order valence-corrected chi connectivity index (χ1v) is 6.77. The zero-order valence-corrected chi connectivity index (χ0v) is 10.8. The highest BCUT2D eigenvalue weighted by Crippen LogP contribution is 2.20. The topological polar surface area (TPSA) is 46.5 Å². The fourth-order valence-electron chi connectivity index (χ4n) is 1.53. The lowest BCUT2D eigenvalue weighted by atomic mass is 9.89. The minimum absolute atomic E-state index is 0.112. The lowest BCUT2D eigenvalue weighted by Crippen LogP contribution is -2.34. The van der Waals surface area contributed by atoms with E-state index in [-0.39, 0.29) is 11.9 Å². The summed E-state index contributed by atoms with van der Waals surface area (Å²) in [5.41, 5.74) is 0. The minimum atomic E-state index is -0.587. The van der Waals surface area contributed by atoms with Crippen molar-refractivity contribution >= 4 is 17.7 Å². The molecule has 2 unspecified atom stereocenters. The Morgan fingerprint density at radius 3 is 2.47 bits per heavy atom. The Labute approximate surface area is 96.6 Å². The molecule has 0 aromatic heterocycles. The van der Waals surface area contributed by atoms with E-state index in [2.05, 4.69) is 0 Å². The van der Waals surface area contributed by atoms with Gasteiger partial charge in [0.05, 0.1) is 18.6 Å². The van der Waals surface area contributed by atoms with Crippen LogP contribution in [-0.2, 0) is 9.53 Å². The van der Waals surface area contributed by atoms with Gasteiger partial charge in [0.25, 0.3) is 0 Å². The lowest BCUT2D eigenvalue weighted by molar-refractivity contribution is -0.154. The first-order valence-electron chi connectivity index (χ1n) is 5.38. The molecule has 0 aliphatic rings. The predicted molar refractivity (Wildman–Crippen MR) is 64.0 cm³/mol. The molecule has 0 rings (SSSR count). The van der Waals surface area contributed by atoms with Gasteiger partial charge in [-0.15, -0.1) is 0 Å². The maximum atomic E-state index is 11.6. The average molecular weight is 234 g/mol. The van der Waals surface area contributed by atoms with Crippen molar-refractivity contribution < 1.29 is 14.6 Å². The number of carbonyl (C=O) groups excluding carboxylic acids is 1. The van der Waals surface area contributed by atoms with Gasteiger partial charge in [0.2, 0.25) is 0 Å². The van der Waals surface area contributed by atoms with Crippen LogP contribution in [0.5, 0.6) is 0 Å². The summed E-state index contributed by atoms with van der Waals surface area (Å²) in [6.45, 7) is 6.02. The lowest BCUT2D eigenvalue weighted by Gasteiger charge is -2.24. The van der Waals surface area contributed by atoms with E-state index >= 15 is 0 Å². The van der Waals surface area contributed by atoms with Crippen LogP contribution in [0.2, 0.25) is 0 Å². The molecule has 0 saturated heterocycles. The Kier molecular flexibility index (Phi) is 7.88. The van der Waals surface area contributed by atoms with Gasteiger partial charge in [-0.25, -0.2) is 0 Å².